The van der Waals surface area contributed by atoms with E-state index in [0.717, 1.165) is 27.8 Å². The van der Waals surface area contributed by atoms with Crippen LogP contribution in [0.1, 0.15) is 28.4 Å². The molecule has 0 unspecified atom stereocenters. The van der Waals surface area contributed by atoms with Gasteiger partial charge in [-0.1, -0.05) is 36.4 Å². The lowest BCUT2D eigenvalue weighted by atomic mass is 10.1. The molecule has 0 aliphatic carbocycles. The number of esters is 1. The molecule has 24 heavy (non-hydrogen) atoms. The highest BCUT2D eigenvalue weighted by Gasteiger charge is 2.14. The summed E-state index contributed by atoms with van der Waals surface area (Å²) in [6.45, 7) is 6.25. The minimum Gasteiger partial charge on any atom is -0.462 e. The summed E-state index contributed by atoms with van der Waals surface area (Å²) in [7, 11) is 0. The van der Waals surface area contributed by atoms with Gasteiger partial charge >= 0.3 is 5.97 Å². The first kappa shape index (κ1) is 16.0. The molecule has 4 nitrogen and oxygen atoms in total. The van der Waals surface area contributed by atoms with Crippen LogP contribution in [0.2, 0.25) is 0 Å². The fraction of sp³-hybridized carbons (Fsp3) is 0.200. The Bertz CT molecular complexity index is 903. The number of aromatic nitrogens is 1. The van der Waals surface area contributed by atoms with Gasteiger partial charge in [-0.2, -0.15) is 0 Å². The van der Waals surface area contributed by atoms with E-state index in [9.17, 15) is 4.79 Å². The molecule has 0 amide bonds. The van der Waals surface area contributed by atoms with Crippen molar-refractivity contribution < 1.29 is 9.53 Å². The molecule has 0 atom stereocenters. The van der Waals surface area contributed by atoms with E-state index in [4.69, 9.17) is 4.74 Å². The van der Waals surface area contributed by atoms with Gasteiger partial charge in [-0.3, -0.25) is 0 Å². The van der Waals surface area contributed by atoms with E-state index in [0.29, 0.717) is 12.2 Å². The van der Waals surface area contributed by atoms with Crippen molar-refractivity contribution in [2.45, 2.75) is 20.8 Å². The zero-order chi connectivity index (χ0) is 17.1. The number of hydrogen-bond acceptors (Lipinski definition) is 4. The van der Waals surface area contributed by atoms with Crippen molar-refractivity contribution in [2.75, 3.05) is 11.9 Å². The molecular formula is C20H20N2O2. The summed E-state index contributed by atoms with van der Waals surface area (Å²) >= 11 is 0. The van der Waals surface area contributed by atoms with Gasteiger partial charge in [-0.25, -0.2) is 9.78 Å². The third kappa shape index (κ3) is 3.08. The summed E-state index contributed by atoms with van der Waals surface area (Å²) in [6, 6.07) is 14.0. The highest BCUT2D eigenvalue weighted by Crippen LogP contribution is 2.29. The molecule has 2 aromatic carbocycles. The molecule has 4 heteroatoms. The number of rotatable bonds is 4. The minimum atomic E-state index is -0.348. The Labute approximate surface area is 141 Å². The Balaban J connectivity index is 2.08. The third-order valence-corrected chi connectivity index (χ3v) is 3.94. The molecule has 1 heterocycles. The fourth-order valence-electron chi connectivity index (χ4n) is 2.66. The van der Waals surface area contributed by atoms with Crippen LogP contribution in [0.25, 0.3) is 10.8 Å². The maximum absolute atomic E-state index is 12.1. The predicted molar refractivity (Wildman–Crippen MR) is 96.9 cm³/mol. The van der Waals surface area contributed by atoms with Crippen molar-refractivity contribution in [3.8, 4) is 0 Å². The van der Waals surface area contributed by atoms with Crippen LogP contribution in [0.5, 0.6) is 0 Å². The zero-order valence-corrected chi connectivity index (χ0v) is 14.1. The summed E-state index contributed by atoms with van der Waals surface area (Å²) in [5.41, 5.74) is 3.81. The van der Waals surface area contributed by atoms with Gasteiger partial charge in [-0.15, -0.1) is 0 Å². The molecule has 0 aliphatic heterocycles. The summed E-state index contributed by atoms with van der Waals surface area (Å²) in [4.78, 5) is 16.6. The molecule has 0 saturated carbocycles. The summed E-state index contributed by atoms with van der Waals surface area (Å²) in [5, 5.41) is 5.12. The molecule has 0 radical (unpaired) electrons. The van der Waals surface area contributed by atoms with Crippen molar-refractivity contribution in [2.24, 2.45) is 0 Å². The number of benzene rings is 2. The van der Waals surface area contributed by atoms with Crippen LogP contribution >= 0.6 is 0 Å². The Hall–Kier alpha value is -2.88. The second kappa shape index (κ2) is 6.71. The third-order valence-electron chi connectivity index (χ3n) is 3.94. The second-order valence-corrected chi connectivity index (χ2v) is 5.73. The lowest BCUT2D eigenvalue weighted by Crippen LogP contribution is -2.07. The standard InChI is InChI=1S/C20H20N2O2/c1-4-24-20(23)17-12-21-19(16-8-6-5-7-15(16)17)22-18-11-13(2)9-10-14(18)3/h5-12H,4H2,1-3H3,(H,21,22). The van der Waals surface area contributed by atoms with Crippen LogP contribution in [0.4, 0.5) is 11.5 Å². The summed E-state index contributed by atoms with van der Waals surface area (Å²) in [5.74, 6) is 0.381. The minimum absolute atomic E-state index is 0.343. The predicted octanol–water partition coefficient (Wildman–Crippen LogP) is 4.77. The number of fused-ring (bicyclic) bond motifs is 1. The van der Waals surface area contributed by atoms with E-state index in [1.54, 1.807) is 13.1 Å². The number of nitrogens with zero attached hydrogens (tertiary/aromatic N) is 1. The van der Waals surface area contributed by atoms with Gasteiger partial charge in [0.1, 0.15) is 5.82 Å². The van der Waals surface area contributed by atoms with Gasteiger partial charge in [0, 0.05) is 22.7 Å². The smallest absolute Gasteiger partial charge is 0.340 e. The number of pyridine rings is 1. The number of carbonyl (C=O) groups is 1. The lowest BCUT2D eigenvalue weighted by molar-refractivity contribution is 0.0528. The molecule has 0 fully saturated rings. The van der Waals surface area contributed by atoms with Crippen LogP contribution in [-0.4, -0.2) is 17.6 Å². The highest BCUT2D eigenvalue weighted by atomic mass is 16.5. The second-order valence-electron chi connectivity index (χ2n) is 5.73. The Morgan fingerprint density at radius 1 is 1.12 bits per heavy atom. The molecule has 0 saturated heterocycles. The number of anilines is 2. The number of ether oxygens (including phenoxy) is 1. The molecule has 1 N–H and O–H groups in total. The van der Waals surface area contributed by atoms with Crippen molar-refractivity contribution in [3.05, 3.63) is 65.4 Å². The number of carbonyl (C=O) groups excluding carboxylic acids is 1. The fourth-order valence-corrected chi connectivity index (χ4v) is 2.66. The molecule has 1 aromatic heterocycles. The largest absolute Gasteiger partial charge is 0.462 e. The van der Waals surface area contributed by atoms with Gasteiger partial charge in [0.05, 0.1) is 12.2 Å². The quantitative estimate of drug-likeness (QED) is 0.703. The first-order valence-electron chi connectivity index (χ1n) is 7.99. The van der Waals surface area contributed by atoms with Crippen molar-refractivity contribution >= 4 is 28.2 Å². The van der Waals surface area contributed by atoms with Gasteiger partial charge in [-0.05, 0) is 38.0 Å². The normalized spacial score (nSPS) is 10.6. The van der Waals surface area contributed by atoms with E-state index in [2.05, 4.69) is 42.3 Å². The average Bonchev–Trinajstić information content (AvgIpc) is 2.58. The molecule has 0 spiro atoms. The van der Waals surface area contributed by atoms with E-state index in [1.165, 1.54) is 5.56 Å². The first-order valence-corrected chi connectivity index (χ1v) is 7.99. The van der Waals surface area contributed by atoms with Crippen LogP contribution in [-0.2, 0) is 4.74 Å². The first-order chi connectivity index (χ1) is 11.6. The summed E-state index contributed by atoms with van der Waals surface area (Å²) < 4.78 is 5.13. The SMILES string of the molecule is CCOC(=O)c1cnc(Nc2cc(C)ccc2C)c2ccccc12. The van der Waals surface area contributed by atoms with Gasteiger partial charge in [0.25, 0.3) is 0 Å². The van der Waals surface area contributed by atoms with E-state index >= 15 is 0 Å². The monoisotopic (exact) mass is 320 g/mol. The van der Waals surface area contributed by atoms with Crippen molar-refractivity contribution in [3.63, 3.8) is 0 Å². The zero-order valence-electron chi connectivity index (χ0n) is 14.1. The van der Waals surface area contributed by atoms with Crippen LogP contribution in [0.15, 0.2) is 48.7 Å². The average molecular weight is 320 g/mol. The number of hydrogen-bond donors (Lipinski definition) is 1. The molecule has 3 rings (SSSR count). The molecule has 0 aliphatic rings. The van der Waals surface area contributed by atoms with Gasteiger partial charge in [0.15, 0.2) is 0 Å². The number of nitrogens with one attached hydrogen (secondary N) is 1. The highest BCUT2D eigenvalue weighted by molar-refractivity contribution is 6.07. The topological polar surface area (TPSA) is 51.2 Å². The van der Waals surface area contributed by atoms with E-state index in [1.807, 2.05) is 24.3 Å². The lowest BCUT2D eigenvalue weighted by Gasteiger charge is -2.13. The Kier molecular flexibility index (Phi) is 4.47. The van der Waals surface area contributed by atoms with Crippen molar-refractivity contribution in [1.29, 1.82) is 0 Å². The van der Waals surface area contributed by atoms with Gasteiger partial charge in [0.2, 0.25) is 0 Å². The van der Waals surface area contributed by atoms with Crippen molar-refractivity contribution in [1.82, 2.24) is 4.98 Å². The molecular weight excluding hydrogens is 300 g/mol. The number of aryl methyl sites for hydroxylation is 2. The summed E-state index contributed by atoms with van der Waals surface area (Å²) in [6.07, 6.45) is 1.58. The molecule has 122 valence electrons. The Morgan fingerprint density at radius 2 is 1.88 bits per heavy atom. The van der Waals surface area contributed by atoms with Crippen LogP contribution in [0.3, 0.4) is 0 Å². The van der Waals surface area contributed by atoms with E-state index < -0.39 is 0 Å². The molecule has 0 bridgehead atoms. The van der Waals surface area contributed by atoms with E-state index in [-0.39, 0.29) is 5.97 Å². The Morgan fingerprint density at radius 3 is 2.62 bits per heavy atom. The maximum atomic E-state index is 12.1. The molecule has 3 aromatic rings. The van der Waals surface area contributed by atoms with Gasteiger partial charge < -0.3 is 10.1 Å². The maximum Gasteiger partial charge on any atom is 0.340 e. The van der Waals surface area contributed by atoms with Crippen LogP contribution < -0.4 is 5.32 Å². The van der Waals surface area contributed by atoms with Crippen LogP contribution in [0, 0.1) is 13.8 Å².